The Kier molecular flexibility index (Phi) is 4.00. The van der Waals surface area contributed by atoms with Crippen LogP contribution in [0.4, 0.5) is 0 Å². The molecule has 0 radical (unpaired) electrons. The third-order valence-electron chi connectivity index (χ3n) is 3.58. The van der Waals surface area contributed by atoms with E-state index < -0.39 is 10.0 Å². The highest BCUT2D eigenvalue weighted by Gasteiger charge is 2.42. The van der Waals surface area contributed by atoms with Gasteiger partial charge in [0.2, 0.25) is 10.0 Å². The summed E-state index contributed by atoms with van der Waals surface area (Å²) >= 11 is 0. The fourth-order valence-corrected chi connectivity index (χ4v) is 3.77. The molecule has 0 saturated carbocycles. The quantitative estimate of drug-likeness (QED) is 0.797. The highest BCUT2D eigenvalue weighted by Crippen LogP contribution is 2.30. The standard InChI is InChI=1S/C17H17NO3S/c1-21-16-9-11-17(12-10-16)22(19,20)18-13-15(18)8-7-14-5-3-2-4-6-14/h2-12,15H,13H2,1H3/b8-7+. The molecular weight excluding hydrogens is 298 g/mol. The zero-order valence-corrected chi connectivity index (χ0v) is 13.0. The molecule has 3 rings (SSSR count). The third-order valence-corrected chi connectivity index (χ3v) is 5.48. The van der Waals surface area contributed by atoms with Gasteiger partial charge in [0.05, 0.1) is 18.0 Å². The monoisotopic (exact) mass is 315 g/mol. The molecule has 0 bridgehead atoms. The summed E-state index contributed by atoms with van der Waals surface area (Å²) in [5.74, 6) is 0.644. The lowest BCUT2D eigenvalue weighted by atomic mass is 10.2. The third kappa shape index (κ3) is 3.05. The van der Waals surface area contributed by atoms with Gasteiger partial charge in [-0.15, -0.1) is 0 Å². The molecule has 2 unspecified atom stereocenters. The minimum Gasteiger partial charge on any atom is -0.497 e. The van der Waals surface area contributed by atoms with E-state index in [1.807, 2.05) is 42.5 Å². The van der Waals surface area contributed by atoms with Gasteiger partial charge in [0, 0.05) is 6.54 Å². The molecule has 1 saturated heterocycles. The normalized spacial score (nSPS) is 21.0. The van der Waals surface area contributed by atoms with E-state index in [0.717, 1.165) is 5.56 Å². The smallest absolute Gasteiger partial charge is 0.243 e. The van der Waals surface area contributed by atoms with Crippen LogP contribution in [0.5, 0.6) is 5.75 Å². The van der Waals surface area contributed by atoms with Gasteiger partial charge in [-0.05, 0) is 29.8 Å². The van der Waals surface area contributed by atoms with E-state index in [0.29, 0.717) is 17.2 Å². The first-order valence-corrected chi connectivity index (χ1v) is 8.44. The number of hydrogen-bond donors (Lipinski definition) is 0. The minimum atomic E-state index is -3.42. The van der Waals surface area contributed by atoms with Crippen LogP contribution < -0.4 is 4.74 Å². The lowest BCUT2D eigenvalue weighted by Crippen LogP contribution is -2.13. The van der Waals surface area contributed by atoms with Crippen molar-refractivity contribution in [3.63, 3.8) is 0 Å². The molecule has 114 valence electrons. The Balaban J connectivity index is 1.71. The van der Waals surface area contributed by atoms with Gasteiger partial charge in [-0.1, -0.05) is 42.5 Å². The Morgan fingerprint density at radius 2 is 1.77 bits per heavy atom. The van der Waals surface area contributed by atoms with Crippen LogP contribution in [0.15, 0.2) is 65.6 Å². The fraction of sp³-hybridized carbons (Fsp3) is 0.176. The molecule has 2 aromatic carbocycles. The van der Waals surface area contributed by atoms with E-state index in [4.69, 9.17) is 4.74 Å². The lowest BCUT2D eigenvalue weighted by molar-refractivity contribution is 0.414. The number of sulfonamides is 1. The molecule has 1 aliphatic heterocycles. The number of methoxy groups -OCH3 is 1. The Bertz CT molecular complexity index is 767. The molecule has 0 amide bonds. The Morgan fingerprint density at radius 1 is 1.09 bits per heavy atom. The van der Waals surface area contributed by atoms with E-state index in [1.54, 1.807) is 31.4 Å². The molecule has 0 aliphatic carbocycles. The van der Waals surface area contributed by atoms with E-state index in [2.05, 4.69) is 0 Å². The average molecular weight is 315 g/mol. The van der Waals surface area contributed by atoms with Gasteiger partial charge in [0.15, 0.2) is 0 Å². The second kappa shape index (κ2) is 5.94. The summed E-state index contributed by atoms with van der Waals surface area (Å²) in [6, 6.07) is 16.2. The number of benzene rings is 2. The summed E-state index contributed by atoms with van der Waals surface area (Å²) in [6.45, 7) is 0.525. The summed E-state index contributed by atoms with van der Waals surface area (Å²) in [6.07, 6.45) is 3.88. The number of rotatable bonds is 5. The summed E-state index contributed by atoms with van der Waals surface area (Å²) < 4.78 is 31.5. The Labute approximate surface area is 130 Å². The molecule has 0 aromatic heterocycles. The van der Waals surface area contributed by atoms with Crippen LogP contribution in [0.3, 0.4) is 0 Å². The highest BCUT2D eigenvalue weighted by molar-refractivity contribution is 7.89. The number of ether oxygens (including phenoxy) is 1. The fourth-order valence-electron chi connectivity index (χ4n) is 2.24. The van der Waals surface area contributed by atoms with E-state index in [1.165, 1.54) is 4.31 Å². The second-order valence-corrected chi connectivity index (χ2v) is 6.98. The van der Waals surface area contributed by atoms with Crippen molar-refractivity contribution in [2.75, 3.05) is 13.7 Å². The van der Waals surface area contributed by atoms with Gasteiger partial charge in [-0.2, -0.15) is 4.31 Å². The van der Waals surface area contributed by atoms with Gasteiger partial charge >= 0.3 is 0 Å². The van der Waals surface area contributed by atoms with Gasteiger partial charge in [-0.3, -0.25) is 0 Å². The Hall–Kier alpha value is -2.11. The SMILES string of the molecule is COc1ccc(S(=O)(=O)N2CC2/C=C/c2ccccc2)cc1. The van der Waals surface area contributed by atoms with Crippen LogP contribution in [-0.4, -0.2) is 32.4 Å². The first kappa shape index (κ1) is 14.8. The summed E-state index contributed by atoms with van der Waals surface area (Å²) in [5, 5.41) is 0. The van der Waals surface area contributed by atoms with Crippen molar-refractivity contribution < 1.29 is 13.2 Å². The largest absolute Gasteiger partial charge is 0.497 e. The van der Waals surface area contributed by atoms with Crippen molar-refractivity contribution in [2.24, 2.45) is 0 Å². The van der Waals surface area contributed by atoms with Crippen LogP contribution in [-0.2, 0) is 10.0 Å². The van der Waals surface area contributed by atoms with Crippen molar-refractivity contribution >= 4 is 16.1 Å². The molecular formula is C17H17NO3S. The highest BCUT2D eigenvalue weighted by atomic mass is 32.2. The number of nitrogens with zero attached hydrogens (tertiary/aromatic N) is 1. The summed E-state index contributed by atoms with van der Waals surface area (Å²) in [5.41, 5.74) is 1.07. The number of hydrogen-bond acceptors (Lipinski definition) is 3. The molecule has 2 atom stereocenters. The van der Waals surface area contributed by atoms with Crippen LogP contribution in [0.25, 0.3) is 6.08 Å². The molecule has 2 aromatic rings. The molecule has 0 spiro atoms. The van der Waals surface area contributed by atoms with Crippen LogP contribution >= 0.6 is 0 Å². The van der Waals surface area contributed by atoms with Crippen molar-refractivity contribution in [1.29, 1.82) is 0 Å². The van der Waals surface area contributed by atoms with Crippen LogP contribution in [0, 0.1) is 0 Å². The minimum absolute atomic E-state index is 0.0627. The molecule has 1 heterocycles. The van der Waals surface area contributed by atoms with Crippen molar-refractivity contribution in [3.05, 3.63) is 66.2 Å². The average Bonchev–Trinajstić information content (AvgIpc) is 3.34. The van der Waals surface area contributed by atoms with Crippen LogP contribution in [0.1, 0.15) is 5.56 Å². The molecule has 5 heteroatoms. The molecule has 22 heavy (non-hydrogen) atoms. The van der Waals surface area contributed by atoms with E-state index >= 15 is 0 Å². The van der Waals surface area contributed by atoms with E-state index in [9.17, 15) is 8.42 Å². The van der Waals surface area contributed by atoms with Crippen LogP contribution in [0.2, 0.25) is 0 Å². The predicted molar refractivity (Wildman–Crippen MR) is 86.1 cm³/mol. The maximum absolute atomic E-state index is 12.5. The first-order valence-electron chi connectivity index (χ1n) is 7.00. The van der Waals surface area contributed by atoms with Crippen molar-refractivity contribution in [1.82, 2.24) is 4.31 Å². The van der Waals surface area contributed by atoms with Gasteiger partial charge in [0.25, 0.3) is 0 Å². The molecule has 4 nitrogen and oxygen atoms in total. The molecule has 0 N–H and O–H groups in total. The van der Waals surface area contributed by atoms with Gasteiger partial charge in [0.1, 0.15) is 5.75 Å². The first-order chi connectivity index (χ1) is 10.6. The van der Waals surface area contributed by atoms with Crippen molar-refractivity contribution in [2.45, 2.75) is 10.9 Å². The molecule has 1 fully saturated rings. The predicted octanol–water partition coefficient (Wildman–Crippen LogP) is 2.78. The zero-order valence-electron chi connectivity index (χ0n) is 12.2. The molecule has 1 aliphatic rings. The maximum atomic E-state index is 12.5. The topological polar surface area (TPSA) is 46.4 Å². The lowest BCUT2D eigenvalue weighted by Gasteiger charge is -2.06. The van der Waals surface area contributed by atoms with Crippen molar-refractivity contribution in [3.8, 4) is 5.75 Å². The van der Waals surface area contributed by atoms with E-state index in [-0.39, 0.29) is 6.04 Å². The summed E-state index contributed by atoms with van der Waals surface area (Å²) in [7, 11) is -1.86. The maximum Gasteiger partial charge on any atom is 0.243 e. The van der Waals surface area contributed by atoms with Gasteiger partial charge < -0.3 is 4.74 Å². The Morgan fingerprint density at radius 3 is 2.41 bits per heavy atom. The summed E-state index contributed by atoms with van der Waals surface area (Å²) in [4.78, 5) is 0.295. The van der Waals surface area contributed by atoms with Gasteiger partial charge in [-0.25, -0.2) is 8.42 Å². The zero-order chi connectivity index (χ0) is 15.6. The second-order valence-electron chi connectivity index (χ2n) is 5.09.